The minimum atomic E-state index is -0.554. The number of hydrogen-bond donors (Lipinski definition) is 1. The van der Waals surface area contributed by atoms with E-state index in [4.69, 9.17) is 0 Å². The van der Waals surface area contributed by atoms with Gasteiger partial charge in [0.2, 0.25) is 0 Å². The molecule has 0 aliphatic carbocycles. The van der Waals surface area contributed by atoms with Gasteiger partial charge in [0.25, 0.3) is 0 Å². The van der Waals surface area contributed by atoms with Gasteiger partial charge >= 0.3 is 0 Å². The van der Waals surface area contributed by atoms with Crippen molar-refractivity contribution in [3.05, 3.63) is 35.6 Å². The largest absolute Gasteiger partial charge is 0.306 e. The molecule has 0 fully saturated rings. The molecule has 0 atom stereocenters. The van der Waals surface area contributed by atoms with Crippen LogP contribution in [0.1, 0.15) is 26.3 Å². The average molecular weight is 223 g/mol. The predicted molar refractivity (Wildman–Crippen MR) is 62.9 cm³/mol. The Hall–Kier alpha value is -1.22. The van der Waals surface area contributed by atoms with Crippen molar-refractivity contribution in [2.45, 2.75) is 32.7 Å². The smallest absolute Gasteiger partial charge is 0.156 e. The third-order valence-corrected chi connectivity index (χ3v) is 2.57. The number of benzene rings is 1. The quantitative estimate of drug-likeness (QED) is 0.830. The van der Waals surface area contributed by atoms with Crippen LogP contribution in [-0.4, -0.2) is 17.9 Å². The second-order valence-corrected chi connectivity index (χ2v) is 4.39. The molecule has 0 aliphatic rings. The average Bonchev–Trinajstić information content (AvgIpc) is 2.17. The second kappa shape index (κ2) is 5.21. The van der Waals surface area contributed by atoms with Crippen LogP contribution in [-0.2, 0) is 11.2 Å². The van der Waals surface area contributed by atoms with E-state index in [2.05, 4.69) is 5.32 Å². The van der Waals surface area contributed by atoms with E-state index >= 15 is 0 Å². The molecule has 16 heavy (non-hydrogen) atoms. The summed E-state index contributed by atoms with van der Waals surface area (Å²) in [6.45, 7) is 6.38. The summed E-state index contributed by atoms with van der Waals surface area (Å²) in [5.41, 5.74) is 0.164. The number of rotatable bonds is 5. The van der Waals surface area contributed by atoms with Crippen molar-refractivity contribution in [3.63, 3.8) is 0 Å². The molecule has 0 saturated heterocycles. The lowest BCUT2D eigenvalue weighted by molar-refractivity contribution is -0.123. The van der Waals surface area contributed by atoms with Gasteiger partial charge < -0.3 is 5.32 Å². The third-order valence-electron chi connectivity index (χ3n) is 2.57. The molecular weight excluding hydrogens is 205 g/mol. The fourth-order valence-corrected chi connectivity index (χ4v) is 1.59. The van der Waals surface area contributed by atoms with Gasteiger partial charge in [0.15, 0.2) is 5.78 Å². The van der Waals surface area contributed by atoms with Gasteiger partial charge in [0.05, 0.1) is 5.54 Å². The number of carbonyl (C=O) groups is 1. The van der Waals surface area contributed by atoms with Crippen LogP contribution < -0.4 is 5.32 Å². The molecule has 0 aromatic heterocycles. The van der Waals surface area contributed by atoms with Crippen LogP contribution in [0.2, 0.25) is 0 Å². The van der Waals surface area contributed by atoms with Gasteiger partial charge in [-0.2, -0.15) is 0 Å². The van der Waals surface area contributed by atoms with Crippen LogP contribution in [0.5, 0.6) is 0 Å². The van der Waals surface area contributed by atoms with Crippen LogP contribution in [0.25, 0.3) is 0 Å². The Kier molecular flexibility index (Phi) is 4.19. The molecule has 0 heterocycles. The Balaban J connectivity index is 2.71. The lowest BCUT2D eigenvalue weighted by Crippen LogP contribution is -2.47. The molecule has 0 radical (unpaired) electrons. The van der Waals surface area contributed by atoms with Crippen molar-refractivity contribution < 1.29 is 9.18 Å². The SMILES string of the molecule is CCNC(C)(C)C(=O)Cc1cccc(F)c1. The molecule has 1 aromatic rings. The molecule has 0 bridgehead atoms. The summed E-state index contributed by atoms with van der Waals surface area (Å²) in [6.07, 6.45) is 0.262. The van der Waals surface area contributed by atoms with E-state index in [0.717, 1.165) is 12.1 Å². The highest BCUT2D eigenvalue weighted by Gasteiger charge is 2.25. The van der Waals surface area contributed by atoms with Crippen LogP contribution in [0.3, 0.4) is 0 Å². The van der Waals surface area contributed by atoms with Gasteiger partial charge in [-0.1, -0.05) is 19.1 Å². The minimum Gasteiger partial charge on any atom is -0.306 e. The number of ketones is 1. The van der Waals surface area contributed by atoms with Crippen LogP contribution in [0.15, 0.2) is 24.3 Å². The first kappa shape index (κ1) is 12.8. The monoisotopic (exact) mass is 223 g/mol. The summed E-state index contributed by atoms with van der Waals surface area (Å²) >= 11 is 0. The normalized spacial score (nSPS) is 11.5. The highest BCUT2D eigenvalue weighted by atomic mass is 19.1. The molecule has 0 saturated carbocycles. The Morgan fingerprint density at radius 2 is 2.12 bits per heavy atom. The Labute approximate surface area is 95.9 Å². The topological polar surface area (TPSA) is 29.1 Å². The molecule has 1 aromatic carbocycles. The molecule has 3 heteroatoms. The van der Waals surface area contributed by atoms with Gasteiger partial charge in [-0.15, -0.1) is 0 Å². The van der Waals surface area contributed by atoms with E-state index < -0.39 is 5.54 Å². The number of likely N-dealkylation sites (N-methyl/N-ethyl adjacent to an activating group) is 1. The highest BCUT2D eigenvalue weighted by molar-refractivity contribution is 5.89. The van der Waals surface area contributed by atoms with Crippen molar-refractivity contribution in [2.75, 3.05) is 6.54 Å². The van der Waals surface area contributed by atoms with Gasteiger partial charge in [-0.3, -0.25) is 4.79 Å². The third kappa shape index (κ3) is 3.42. The summed E-state index contributed by atoms with van der Waals surface area (Å²) in [6, 6.07) is 6.17. The highest BCUT2D eigenvalue weighted by Crippen LogP contribution is 2.11. The molecule has 0 amide bonds. The molecular formula is C13H18FNO. The molecule has 88 valence electrons. The lowest BCUT2D eigenvalue weighted by atomic mass is 9.93. The van der Waals surface area contributed by atoms with E-state index in [1.807, 2.05) is 20.8 Å². The standard InChI is InChI=1S/C13H18FNO/c1-4-15-13(2,3)12(16)9-10-6-5-7-11(14)8-10/h5-8,15H,4,9H2,1-3H3. The number of nitrogens with one attached hydrogen (secondary N) is 1. The molecule has 1 rings (SSSR count). The van der Waals surface area contributed by atoms with Crippen molar-refractivity contribution in [2.24, 2.45) is 0 Å². The van der Waals surface area contributed by atoms with Crippen LogP contribution in [0, 0.1) is 5.82 Å². The Bertz CT molecular complexity index is 374. The molecule has 2 nitrogen and oxygen atoms in total. The Morgan fingerprint density at radius 3 is 2.69 bits per heavy atom. The van der Waals surface area contributed by atoms with E-state index in [0.29, 0.717) is 0 Å². The van der Waals surface area contributed by atoms with E-state index in [1.165, 1.54) is 12.1 Å². The van der Waals surface area contributed by atoms with Crippen molar-refractivity contribution in [1.29, 1.82) is 0 Å². The molecule has 0 spiro atoms. The maximum Gasteiger partial charge on any atom is 0.156 e. The number of hydrogen-bond acceptors (Lipinski definition) is 2. The predicted octanol–water partition coefficient (Wildman–Crippen LogP) is 2.33. The van der Waals surface area contributed by atoms with Gasteiger partial charge in [-0.05, 0) is 38.1 Å². The van der Waals surface area contributed by atoms with Gasteiger partial charge in [-0.25, -0.2) is 4.39 Å². The zero-order valence-corrected chi connectivity index (χ0v) is 10.0. The minimum absolute atomic E-state index is 0.0694. The van der Waals surface area contributed by atoms with E-state index in [-0.39, 0.29) is 18.0 Å². The Morgan fingerprint density at radius 1 is 1.44 bits per heavy atom. The number of halogens is 1. The molecule has 0 aliphatic heterocycles. The fraction of sp³-hybridized carbons (Fsp3) is 0.462. The summed E-state index contributed by atoms with van der Waals surface area (Å²) in [5.74, 6) is -0.230. The lowest BCUT2D eigenvalue weighted by Gasteiger charge is -2.24. The number of carbonyl (C=O) groups excluding carboxylic acids is 1. The fourth-order valence-electron chi connectivity index (χ4n) is 1.59. The van der Waals surface area contributed by atoms with E-state index in [9.17, 15) is 9.18 Å². The van der Waals surface area contributed by atoms with Crippen LogP contribution in [0.4, 0.5) is 4.39 Å². The van der Waals surface area contributed by atoms with Crippen molar-refractivity contribution >= 4 is 5.78 Å². The summed E-state index contributed by atoms with van der Waals surface area (Å²) in [7, 11) is 0. The van der Waals surface area contributed by atoms with Gasteiger partial charge in [0, 0.05) is 6.42 Å². The zero-order chi connectivity index (χ0) is 12.2. The molecule has 1 N–H and O–H groups in total. The molecule has 0 unspecified atom stereocenters. The van der Waals surface area contributed by atoms with Crippen LogP contribution >= 0.6 is 0 Å². The summed E-state index contributed by atoms with van der Waals surface area (Å²) in [4.78, 5) is 12.0. The first-order chi connectivity index (χ1) is 7.45. The first-order valence-corrected chi connectivity index (χ1v) is 5.48. The number of Topliss-reactive ketones (excluding diaryl/α,β-unsaturated/α-hetero) is 1. The summed E-state index contributed by atoms with van der Waals surface area (Å²) in [5, 5.41) is 3.11. The van der Waals surface area contributed by atoms with Gasteiger partial charge in [0.1, 0.15) is 5.82 Å². The summed E-state index contributed by atoms with van der Waals surface area (Å²) < 4.78 is 12.9. The maximum atomic E-state index is 12.9. The van der Waals surface area contributed by atoms with Crippen molar-refractivity contribution in [3.8, 4) is 0 Å². The first-order valence-electron chi connectivity index (χ1n) is 5.48. The second-order valence-electron chi connectivity index (χ2n) is 4.39. The maximum absolute atomic E-state index is 12.9. The van der Waals surface area contributed by atoms with E-state index in [1.54, 1.807) is 12.1 Å². The zero-order valence-electron chi connectivity index (χ0n) is 10.0. The van der Waals surface area contributed by atoms with Crippen molar-refractivity contribution in [1.82, 2.24) is 5.32 Å².